The molecule has 1 aromatic heterocycles. The van der Waals surface area contributed by atoms with Gasteiger partial charge in [0.1, 0.15) is 9.77 Å². The summed E-state index contributed by atoms with van der Waals surface area (Å²) in [5, 5.41) is 9.98. The van der Waals surface area contributed by atoms with Gasteiger partial charge in [-0.2, -0.15) is 0 Å². The maximum atomic E-state index is 11.4. The molecule has 0 radical (unpaired) electrons. The third-order valence-corrected chi connectivity index (χ3v) is 4.19. The number of nitrogens with one attached hydrogen (secondary N) is 1. The average Bonchev–Trinajstić information content (AvgIpc) is 2.59. The molecular weight excluding hydrogens is 242 g/mol. The molecule has 0 saturated heterocycles. The Morgan fingerprint density at radius 2 is 2.20 bits per heavy atom. The largest absolute Gasteiger partial charge is 0.465 e. The Kier molecular flexibility index (Phi) is 3.45. The summed E-state index contributed by atoms with van der Waals surface area (Å²) in [5.74, 6) is -0.748. The lowest BCUT2D eigenvalue weighted by atomic mass is 10.3. The molecule has 0 saturated carbocycles. The van der Waals surface area contributed by atoms with E-state index >= 15 is 0 Å². The Hall–Kier alpha value is -0.960. The number of rotatable bonds is 3. The van der Waals surface area contributed by atoms with Gasteiger partial charge in [0.05, 0.1) is 7.11 Å². The molecule has 0 aliphatic carbocycles. The second-order valence-corrected chi connectivity index (χ2v) is 5.14. The fourth-order valence-corrected chi connectivity index (χ4v) is 3.36. The van der Waals surface area contributed by atoms with Gasteiger partial charge in [-0.05, 0) is 17.9 Å². The van der Waals surface area contributed by atoms with Gasteiger partial charge in [-0.3, -0.25) is 0 Å². The van der Waals surface area contributed by atoms with Crippen molar-refractivity contribution in [1.29, 1.82) is 0 Å². The Bertz CT molecular complexity index is 476. The first kappa shape index (κ1) is 12.1. The van der Waals surface area contributed by atoms with Crippen molar-refractivity contribution in [2.75, 3.05) is 7.11 Å². The van der Waals surface area contributed by atoms with Crippen LogP contribution in [0.25, 0.3) is 0 Å². The van der Waals surface area contributed by atoms with E-state index in [4.69, 9.17) is 5.21 Å². The van der Waals surface area contributed by atoms with Crippen LogP contribution in [0.4, 0.5) is 0 Å². The van der Waals surface area contributed by atoms with E-state index in [-0.39, 0.29) is 9.77 Å². The Labute approximate surface area is 90.5 Å². The van der Waals surface area contributed by atoms with Crippen molar-refractivity contribution >= 4 is 27.3 Å². The number of sulfonamides is 1. The predicted octanol–water partition coefficient (Wildman–Crippen LogP) is 0.511. The molecule has 1 heterocycles. The minimum Gasteiger partial charge on any atom is -0.465 e. The summed E-state index contributed by atoms with van der Waals surface area (Å²) < 4.78 is 27.2. The summed E-state index contributed by atoms with van der Waals surface area (Å²) in [5.41, 5.74) is 0.377. The first-order valence-electron chi connectivity index (χ1n) is 3.76. The standard InChI is InChI=1S/C7H9NO5S2/c1-4-3-14-5(7(9)13-2)6(4)15(11,12)8-10/h3,8,10H,1-2H3. The number of thiophene rings is 1. The zero-order chi connectivity index (χ0) is 11.6. The van der Waals surface area contributed by atoms with Gasteiger partial charge in [-0.1, -0.05) is 4.89 Å². The molecule has 0 aliphatic rings. The molecule has 6 nitrogen and oxygen atoms in total. The van der Waals surface area contributed by atoms with Crippen LogP contribution in [0, 0.1) is 6.92 Å². The Balaban J connectivity index is 3.41. The van der Waals surface area contributed by atoms with Crippen molar-refractivity contribution in [2.24, 2.45) is 0 Å². The van der Waals surface area contributed by atoms with Crippen molar-refractivity contribution in [1.82, 2.24) is 4.89 Å². The van der Waals surface area contributed by atoms with Gasteiger partial charge in [0, 0.05) is 0 Å². The second kappa shape index (κ2) is 4.27. The van der Waals surface area contributed by atoms with Crippen molar-refractivity contribution in [3.63, 3.8) is 0 Å². The molecule has 15 heavy (non-hydrogen) atoms. The maximum absolute atomic E-state index is 11.4. The molecule has 8 heteroatoms. The molecule has 0 unspecified atom stereocenters. The van der Waals surface area contributed by atoms with Gasteiger partial charge in [-0.25, -0.2) is 13.2 Å². The quantitative estimate of drug-likeness (QED) is 0.603. The highest BCUT2D eigenvalue weighted by Crippen LogP contribution is 2.26. The van der Waals surface area contributed by atoms with Crippen molar-refractivity contribution in [3.05, 3.63) is 15.8 Å². The fourth-order valence-electron chi connectivity index (χ4n) is 1.05. The average molecular weight is 251 g/mol. The first-order chi connectivity index (χ1) is 6.94. The van der Waals surface area contributed by atoms with Crippen LogP contribution in [0.1, 0.15) is 15.2 Å². The van der Waals surface area contributed by atoms with E-state index in [0.717, 1.165) is 18.4 Å². The van der Waals surface area contributed by atoms with Gasteiger partial charge < -0.3 is 9.94 Å². The molecule has 1 rings (SSSR count). The van der Waals surface area contributed by atoms with Crippen LogP contribution in [0.2, 0.25) is 0 Å². The summed E-state index contributed by atoms with van der Waals surface area (Å²) in [6, 6.07) is 0. The normalized spacial score (nSPS) is 11.4. The summed E-state index contributed by atoms with van der Waals surface area (Å²) in [6.45, 7) is 1.52. The van der Waals surface area contributed by atoms with Gasteiger partial charge in [0.25, 0.3) is 10.0 Å². The summed E-state index contributed by atoms with van der Waals surface area (Å²) >= 11 is 0.946. The van der Waals surface area contributed by atoms with Crippen LogP contribution in [0.5, 0.6) is 0 Å². The number of aryl methyl sites for hydroxylation is 1. The third-order valence-electron chi connectivity index (χ3n) is 1.68. The van der Waals surface area contributed by atoms with Gasteiger partial charge in [-0.15, -0.1) is 11.3 Å². The number of ether oxygens (including phenoxy) is 1. The van der Waals surface area contributed by atoms with Crippen LogP contribution in [0.3, 0.4) is 0 Å². The smallest absolute Gasteiger partial charge is 0.349 e. The molecule has 0 bridgehead atoms. The minimum atomic E-state index is -4.06. The number of methoxy groups -OCH3 is 1. The van der Waals surface area contributed by atoms with Crippen LogP contribution >= 0.6 is 11.3 Å². The molecule has 0 amide bonds. The highest BCUT2D eigenvalue weighted by molar-refractivity contribution is 7.89. The molecule has 2 N–H and O–H groups in total. The van der Waals surface area contributed by atoms with Gasteiger partial charge in [0.15, 0.2) is 0 Å². The number of carbonyl (C=O) groups is 1. The van der Waals surface area contributed by atoms with E-state index in [1.165, 1.54) is 17.2 Å². The zero-order valence-corrected chi connectivity index (χ0v) is 9.61. The highest BCUT2D eigenvalue weighted by Gasteiger charge is 2.26. The number of hydrogen-bond donors (Lipinski definition) is 2. The van der Waals surface area contributed by atoms with Crippen LogP contribution in [0.15, 0.2) is 10.3 Å². The Morgan fingerprint density at radius 3 is 2.67 bits per heavy atom. The highest BCUT2D eigenvalue weighted by atomic mass is 32.2. The van der Waals surface area contributed by atoms with Gasteiger partial charge in [0.2, 0.25) is 0 Å². The lowest BCUT2D eigenvalue weighted by Gasteiger charge is -2.03. The van der Waals surface area contributed by atoms with Crippen molar-refractivity contribution in [3.8, 4) is 0 Å². The molecule has 84 valence electrons. The molecule has 0 aliphatic heterocycles. The van der Waals surface area contributed by atoms with Crippen LogP contribution < -0.4 is 4.89 Å². The van der Waals surface area contributed by atoms with E-state index < -0.39 is 16.0 Å². The van der Waals surface area contributed by atoms with E-state index in [2.05, 4.69) is 4.74 Å². The Morgan fingerprint density at radius 1 is 1.60 bits per heavy atom. The SMILES string of the molecule is COC(=O)c1scc(C)c1S(=O)(=O)NO. The number of carbonyl (C=O) groups excluding carboxylic acids is 1. The molecule has 1 aromatic rings. The van der Waals surface area contributed by atoms with Crippen LogP contribution in [-0.4, -0.2) is 26.7 Å². The topological polar surface area (TPSA) is 92.7 Å². The van der Waals surface area contributed by atoms with E-state index in [9.17, 15) is 13.2 Å². The summed E-state index contributed by atoms with van der Waals surface area (Å²) in [7, 11) is -2.90. The first-order valence-corrected chi connectivity index (χ1v) is 6.12. The van der Waals surface area contributed by atoms with E-state index in [1.807, 2.05) is 0 Å². The number of hydrogen-bond acceptors (Lipinski definition) is 6. The lowest BCUT2D eigenvalue weighted by molar-refractivity contribution is 0.0602. The fraction of sp³-hybridized carbons (Fsp3) is 0.286. The summed E-state index contributed by atoms with van der Waals surface area (Å²) in [6.07, 6.45) is 0. The third kappa shape index (κ3) is 2.17. The van der Waals surface area contributed by atoms with E-state index in [1.54, 1.807) is 0 Å². The van der Waals surface area contributed by atoms with Crippen molar-refractivity contribution in [2.45, 2.75) is 11.8 Å². The number of esters is 1. The second-order valence-electron chi connectivity index (χ2n) is 2.66. The molecule has 0 atom stereocenters. The maximum Gasteiger partial charge on any atom is 0.349 e. The molecule has 0 aromatic carbocycles. The molecule has 0 fully saturated rings. The monoisotopic (exact) mass is 251 g/mol. The predicted molar refractivity (Wildman–Crippen MR) is 52.5 cm³/mol. The molecular formula is C7H9NO5S2. The molecule has 0 spiro atoms. The zero-order valence-electron chi connectivity index (χ0n) is 7.97. The van der Waals surface area contributed by atoms with Crippen LogP contribution in [-0.2, 0) is 14.8 Å². The summed E-state index contributed by atoms with van der Waals surface area (Å²) in [4.78, 5) is 12.1. The van der Waals surface area contributed by atoms with E-state index in [0.29, 0.717) is 5.56 Å². The minimum absolute atomic E-state index is 0.0587. The van der Waals surface area contributed by atoms with Crippen molar-refractivity contribution < 1.29 is 23.2 Å². The lowest BCUT2D eigenvalue weighted by Crippen LogP contribution is -2.22. The van der Waals surface area contributed by atoms with Gasteiger partial charge >= 0.3 is 5.97 Å².